The van der Waals surface area contributed by atoms with Crippen LogP contribution in [-0.2, 0) is 20.7 Å². The number of aryl methyl sites for hydroxylation is 1. The normalized spacial score (nSPS) is 22.5. The first kappa shape index (κ1) is 22.1. The van der Waals surface area contributed by atoms with Gasteiger partial charge in [0.25, 0.3) is 11.7 Å². The second-order valence-corrected chi connectivity index (χ2v) is 8.14. The quantitative estimate of drug-likeness (QED) is 0.400. The molecule has 0 radical (unpaired) electrons. The molecule has 168 valence electrons. The summed E-state index contributed by atoms with van der Waals surface area (Å²) in [4.78, 5) is 27.7. The number of hydrogen-bond donors (Lipinski definition) is 1. The van der Waals surface area contributed by atoms with E-state index in [-0.39, 0.29) is 17.4 Å². The minimum Gasteiger partial charge on any atom is -0.507 e. The molecular formula is C26H29NO5. The van der Waals surface area contributed by atoms with Gasteiger partial charge in [-0.25, -0.2) is 0 Å². The SMILES string of the molecule is CCOc1ccc(/C(O)=C2/C(=O)C(=O)N(CC3CCCO3)C2c2ccc(CC)cc2)cc1. The van der Waals surface area contributed by atoms with Gasteiger partial charge in [0.15, 0.2) is 0 Å². The second-order valence-electron chi connectivity index (χ2n) is 8.14. The lowest BCUT2D eigenvalue weighted by Gasteiger charge is -2.27. The van der Waals surface area contributed by atoms with Crippen LogP contribution in [0.3, 0.4) is 0 Å². The second kappa shape index (κ2) is 9.57. The fourth-order valence-corrected chi connectivity index (χ4v) is 4.39. The average Bonchev–Trinajstić information content (AvgIpc) is 3.42. The average molecular weight is 436 g/mol. The van der Waals surface area contributed by atoms with Crippen LogP contribution in [0.2, 0.25) is 0 Å². The predicted octanol–water partition coefficient (Wildman–Crippen LogP) is 4.25. The molecule has 32 heavy (non-hydrogen) atoms. The van der Waals surface area contributed by atoms with Crippen molar-refractivity contribution in [2.24, 2.45) is 0 Å². The van der Waals surface area contributed by atoms with Gasteiger partial charge in [-0.15, -0.1) is 0 Å². The molecule has 4 rings (SSSR count). The van der Waals surface area contributed by atoms with E-state index in [1.807, 2.05) is 31.2 Å². The fraction of sp³-hybridized carbons (Fsp3) is 0.385. The minimum atomic E-state index is -0.668. The lowest BCUT2D eigenvalue weighted by Crippen LogP contribution is -2.36. The van der Waals surface area contributed by atoms with Crippen molar-refractivity contribution in [3.05, 3.63) is 70.8 Å². The number of rotatable bonds is 7. The van der Waals surface area contributed by atoms with Gasteiger partial charge < -0.3 is 19.5 Å². The lowest BCUT2D eigenvalue weighted by atomic mass is 9.94. The molecule has 0 aromatic heterocycles. The third kappa shape index (κ3) is 4.28. The van der Waals surface area contributed by atoms with Crippen LogP contribution in [0.5, 0.6) is 5.75 Å². The summed E-state index contributed by atoms with van der Waals surface area (Å²) in [6.45, 7) is 5.49. The summed E-state index contributed by atoms with van der Waals surface area (Å²) in [6, 6.07) is 14.1. The highest BCUT2D eigenvalue weighted by atomic mass is 16.5. The largest absolute Gasteiger partial charge is 0.507 e. The summed E-state index contributed by atoms with van der Waals surface area (Å²) in [6.07, 6.45) is 2.58. The minimum absolute atomic E-state index is 0.101. The molecule has 0 bridgehead atoms. The molecule has 2 unspecified atom stereocenters. The lowest BCUT2D eigenvalue weighted by molar-refractivity contribution is -0.140. The molecule has 2 heterocycles. The van der Waals surface area contributed by atoms with Crippen LogP contribution >= 0.6 is 0 Å². The smallest absolute Gasteiger partial charge is 0.295 e. The van der Waals surface area contributed by atoms with Crippen LogP contribution in [0.15, 0.2) is 54.1 Å². The molecule has 2 fully saturated rings. The summed E-state index contributed by atoms with van der Waals surface area (Å²) in [7, 11) is 0. The number of ketones is 1. The van der Waals surface area contributed by atoms with Gasteiger partial charge in [-0.05, 0) is 61.6 Å². The number of aliphatic hydroxyl groups is 1. The van der Waals surface area contributed by atoms with Gasteiger partial charge in [-0.3, -0.25) is 9.59 Å². The molecule has 1 N–H and O–H groups in total. The highest BCUT2D eigenvalue weighted by molar-refractivity contribution is 6.46. The zero-order valence-electron chi connectivity index (χ0n) is 18.5. The zero-order valence-corrected chi connectivity index (χ0v) is 18.5. The monoisotopic (exact) mass is 435 g/mol. The van der Waals surface area contributed by atoms with E-state index in [1.54, 1.807) is 29.2 Å². The number of benzene rings is 2. The zero-order chi connectivity index (χ0) is 22.7. The summed E-state index contributed by atoms with van der Waals surface area (Å²) in [5, 5.41) is 11.1. The number of ether oxygens (including phenoxy) is 2. The third-order valence-corrected chi connectivity index (χ3v) is 6.11. The van der Waals surface area contributed by atoms with Crippen LogP contribution in [0.4, 0.5) is 0 Å². The maximum absolute atomic E-state index is 13.1. The Kier molecular flexibility index (Phi) is 6.61. The van der Waals surface area contributed by atoms with Gasteiger partial charge in [0, 0.05) is 18.7 Å². The van der Waals surface area contributed by atoms with Gasteiger partial charge >= 0.3 is 0 Å². The first-order chi connectivity index (χ1) is 15.5. The molecule has 2 aliphatic rings. The van der Waals surface area contributed by atoms with Crippen molar-refractivity contribution in [2.75, 3.05) is 19.8 Å². The highest BCUT2D eigenvalue weighted by Gasteiger charge is 2.47. The Bertz CT molecular complexity index is 1000. The number of nitrogens with zero attached hydrogens (tertiary/aromatic N) is 1. The number of carbonyl (C=O) groups is 2. The van der Waals surface area contributed by atoms with Crippen molar-refractivity contribution < 1.29 is 24.2 Å². The van der Waals surface area contributed by atoms with Gasteiger partial charge in [0.05, 0.1) is 24.3 Å². The molecule has 2 aromatic carbocycles. The van der Waals surface area contributed by atoms with Crippen molar-refractivity contribution in [3.63, 3.8) is 0 Å². The van der Waals surface area contributed by atoms with Gasteiger partial charge in [0.1, 0.15) is 11.5 Å². The van der Waals surface area contributed by atoms with Gasteiger partial charge in [-0.1, -0.05) is 31.2 Å². The molecule has 0 spiro atoms. The maximum atomic E-state index is 13.1. The van der Waals surface area contributed by atoms with E-state index < -0.39 is 17.7 Å². The van der Waals surface area contributed by atoms with Crippen LogP contribution in [0.25, 0.3) is 5.76 Å². The van der Waals surface area contributed by atoms with Gasteiger partial charge in [0.2, 0.25) is 0 Å². The number of likely N-dealkylation sites (tertiary alicyclic amines) is 1. The maximum Gasteiger partial charge on any atom is 0.295 e. The molecule has 6 nitrogen and oxygen atoms in total. The van der Waals surface area contributed by atoms with E-state index >= 15 is 0 Å². The fourth-order valence-electron chi connectivity index (χ4n) is 4.39. The first-order valence-corrected chi connectivity index (χ1v) is 11.3. The van der Waals surface area contributed by atoms with Crippen LogP contribution in [-0.4, -0.2) is 47.6 Å². The van der Waals surface area contributed by atoms with E-state index in [2.05, 4.69) is 6.92 Å². The number of amides is 1. The summed E-state index contributed by atoms with van der Waals surface area (Å²) < 4.78 is 11.2. The van der Waals surface area contributed by atoms with Crippen LogP contribution < -0.4 is 4.74 Å². The molecule has 2 atom stereocenters. The molecule has 2 aromatic rings. The Morgan fingerprint density at radius 1 is 1.09 bits per heavy atom. The summed E-state index contributed by atoms with van der Waals surface area (Å²) in [5.74, 6) is -0.767. The molecule has 0 saturated carbocycles. The van der Waals surface area contributed by atoms with E-state index in [0.717, 1.165) is 30.4 Å². The third-order valence-electron chi connectivity index (χ3n) is 6.11. The Hall–Kier alpha value is -3.12. The van der Waals surface area contributed by atoms with E-state index in [0.29, 0.717) is 31.1 Å². The molecule has 0 aliphatic carbocycles. The number of carbonyl (C=O) groups excluding carboxylic acids is 2. The van der Waals surface area contributed by atoms with Crippen molar-refractivity contribution in [3.8, 4) is 5.75 Å². The number of aliphatic hydroxyl groups excluding tert-OH is 1. The Morgan fingerprint density at radius 3 is 2.41 bits per heavy atom. The van der Waals surface area contributed by atoms with E-state index in [9.17, 15) is 14.7 Å². The summed E-state index contributed by atoms with van der Waals surface area (Å²) >= 11 is 0. The Morgan fingerprint density at radius 2 is 1.81 bits per heavy atom. The van der Waals surface area contributed by atoms with Crippen LogP contribution in [0, 0.1) is 0 Å². The molecule has 2 saturated heterocycles. The van der Waals surface area contributed by atoms with Crippen molar-refractivity contribution in [1.29, 1.82) is 0 Å². The van der Waals surface area contributed by atoms with Crippen molar-refractivity contribution in [2.45, 2.75) is 45.3 Å². The molecule has 2 aliphatic heterocycles. The predicted molar refractivity (Wildman–Crippen MR) is 121 cm³/mol. The highest BCUT2D eigenvalue weighted by Crippen LogP contribution is 2.40. The molecule has 1 amide bonds. The van der Waals surface area contributed by atoms with Gasteiger partial charge in [-0.2, -0.15) is 0 Å². The number of hydrogen-bond acceptors (Lipinski definition) is 5. The number of Topliss-reactive ketones (excluding diaryl/α,β-unsaturated/α-hetero) is 1. The first-order valence-electron chi connectivity index (χ1n) is 11.3. The van der Waals surface area contributed by atoms with Crippen molar-refractivity contribution >= 4 is 17.4 Å². The standard InChI is InChI=1S/C26H29NO5/c1-3-17-7-9-18(10-8-17)23-22(24(28)19-11-13-20(14-12-19)31-4-2)25(29)26(30)27(23)16-21-6-5-15-32-21/h7-14,21,23,28H,3-6,15-16H2,1-2H3/b24-22-. The summed E-state index contributed by atoms with van der Waals surface area (Å²) in [5.41, 5.74) is 2.54. The molecular weight excluding hydrogens is 406 g/mol. The van der Waals surface area contributed by atoms with Crippen molar-refractivity contribution in [1.82, 2.24) is 4.90 Å². The Labute approximate surface area is 188 Å². The topological polar surface area (TPSA) is 76.1 Å². The van der Waals surface area contributed by atoms with Crippen LogP contribution in [0.1, 0.15) is 49.4 Å². The molecule has 6 heteroatoms. The van der Waals surface area contributed by atoms with E-state index in [1.165, 1.54) is 0 Å². The van der Waals surface area contributed by atoms with E-state index in [4.69, 9.17) is 9.47 Å². The Balaban J connectivity index is 1.77.